The molecule has 336 valence electrons. The smallest absolute Gasteiger partial charge is 0.387 e. The number of phosphoric ester groups is 1. The number of aliphatic hydroxyl groups excluding tert-OH is 1. The number of hydrogen-bond acceptors (Lipinski definition) is 5. The minimum atomic E-state index is -4.34. The summed E-state index contributed by atoms with van der Waals surface area (Å²) in [5, 5.41) is 13.9. The Morgan fingerprint density at radius 3 is 1.47 bits per heavy atom. The van der Waals surface area contributed by atoms with Crippen molar-refractivity contribution in [1.29, 1.82) is 0 Å². The van der Waals surface area contributed by atoms with Gasteiger partial charge in [-0.1, -0.05) is 192 Å². The second-order valence-electron chi connectivity index (χ2n) is 17.5. The van der Waals surface area contributed by atoms with E-state index in [2.05, 4.69) is 43.5 Å². The van der Waals surface area contributed by atoms with E-state index in [4.69, 9.17) is 9.05 Å². The lowest BCUT2D eigenvalue weighted by atomic mass is 10.0. The Balaban J connectivity index is 4.37. The number of aliphatic hydroxyl groups is 1. The maximum atomic E-state index is 12.9. The molecular weight excluding hydrogens is 732 g/mol. The molecule has 0 saturated carbocycles. The summed E-state index contributed by atoms with van der Waals surface area (Å²) in [6.07, 6.45) is 49.2. The summed E-state index contributed by atoms with van der Waals surface area (Å²) in [5.74, 6) is -0.182. The van der Waals surface area contributed by atoms with E-state index in [1.807, 2.05) is 27.2 Å². The number of amides is 1. The van der Waals surface area contributed by atoms with Crippen LogP contribution in [-0.2, 0) is 18.4 Å². The van der Waals surface area contributed by atoms with Crippen LogP contribution in [-0.4, -0.2) is 73.4 Å². The van der Waals surface area contributed by atoms with Crippen molar-refractivity contribution in [3.8, 4) is 0 Å². The van der Waals surface area contributed by atoms with Crippen LogP contribution >= 0.6 is 7.82 Å². The standard InChI is InChI=1S/C48H93N2O6P/c1-6-8-10-12-14-16-18-20-22-24-25-26-28-30-32-34-36-38-40-42-48(52)49-46(45-56-57(53,54)55-44-43-50(3,4)5)47(51)41-39-37-35-33-31-29-27-23-21-19-17-15-13-11-9-7-2/h14,16,20,22,39,41,46-47,51H,6-13,15,17-19,21,23-38,40,42-45H2,1-5H3,(H-,49,52,53,54)/p+1/b16-14-,22-20-,41-39+. The number of carbonyl (C=O) groups excluding carboxylic acids is 1. The van der Waals surface area contributed by atoms with Crippen LogP contribution in [0.2, 0.25) is 0 Å². The van der Waals surface area contributed by atoms with Crippen molar-refractivity contribution in [2.45, 2.75) is 225 Å². The van der Waals surface area contributed by atoms with Crippen LogP contribution in [0.25, 0.3) is 0 Å². The van der Waals surface area contributed by atoms with E-state index in [-0.39, 0.29) is 19.1 Å². The molecule has 0 aliphatic carbocycles. The molecule has 0 radical (unpaired) electrons. The predicted molar refractivity (Wildman–Crippen MR) is 244 cm³/mol. The minimum Gasteiger partial charge on any atom is -0.387 e. The van der Waals surface area contributed by atoms with Gasteiger partial charge in [0, 0.05) is 6.42 Å². The summed E-state index contributed by atoms with van der Waals surface area (Å²) in [5.41, 5.74) is 0. The van der Waals surface area contributed by atoms with Crippen molar-refractivity contribution >= 4 is 13.7 Å². The average molecular weight is 826 g/mol. The highest BCUT2D eigenvalue weighted by Crippen LogP contribution is 2.43. The zero-order valence-corrected chi connectivity index (χ0v) is 39.0. The van der Waals surface area contributed by atoms with Crippen LogP contribution in [0.3, 0.4) is 0 Å². The Bertz CT molecular complexity index is 1030. The molecule has 1 amide bonds. The van der Waals surface area contributed by atoms with Crippen molar-refractivity contribution in [3.05, 3.63) is 36.5 Å². The van der Waals surface area contributed by atoms with Gasteiger partial charge in [0.2, 0.25) is 5.91 Å². The molecule has 0 bridgehead atoms. The van der Waals surface area contributed by atoms with Gasteiger partial charge in [0.1, 0.15) is 13.2 Å². The molecule has 0 saturated heterocycles. The molecule has 3 N–H and O–H groups in total. The van der Waals surface area contributed by atoms with Gasteiger partial charge >= 0.3 is 7.82 Å². The molecule has 0 aliphatic heterocycles. The van der Waals surface area contributed by atoms with Crippen LogP contribution in [0.4, 0.5) is 0 Å². The number of unbranched alkanes of at least 4 members (excludes halogenated alkanes) is 26. The first-order chi connectivity index (χ1) is 27.5. The van der Waals surface area contributed by atoms with Gasteiger partial charge < -0.3 is 19.8 Å². The van der Waals surface area contributed by atoms with Gasteiger partial charge in [0.25, 0.3) is 0 Å². The Kier molecular flexibility index (Phi) is 39.2. The van der Waals surface area contributed by atoms with Crippen LogP contribution < -0.4 is 5.32 Å². The summed E-state index contributed by atoms with van der Waals surface area (Å²) >= 11 is 0. The highest BCUT2D eigenvalue weighted by atomic mass is 31.2. The SMILES string of the molecule is CCCCC/C=C\C/C=C\CCCCCCCCCCCC(=O)NC(COP(=O)(O)OCC[N+](C)(C)C)C(O)/C=C/CCCCCCCCCCCCCCCC. The Labute approximate surface area is 353 Å². The van der Waals surface area contributed by atoms with Gasteiger partial charge in [-0.15, -0.1) is 0 Å². The lowest BCUT2D eigenvalue weighted by Crippen LogP contribution is -2.45. The van der Waals surface area contributed by atoms with Gasteiger partial charge in [-0.3, -0.25) is 13.8 Å². The summed E-state index contributed by atoms with van der Waals surface area (Å²) in [7, 11) is 1.57. The topological polar surface area (TPSA) is 105 Å². The van der Waals surface area contributed by atoms with Crippen molar-refractivity contribution in [2.24, 2.45) is 0 Å². The van der Waals surface area contributed by atoms with E-state index in [1.54, 1.807) is 6.08 Å². The molecule has 0 aromatic heterocycles. The van der Waals surface area contributed by atoms with Crippen molar-refractivity contribution in [2.75, 3.05) is 40.9 Å². The molecule has 0 spiro atoms. The molecule has 0 rings (SSSR count). The first-order valence-electron chi connectivity index (χ1n) is 23.9. The van der Waals surface area contributed by atoms with Crippen molar-refractivity contribution in [3.63, 3.8) is 0 Å². The largest absolute Gasteiger partial charge is 0.472 e. The fourth-order valence-corrected chi connectivity index (χ4v) is 7.51. The van der Waals surface area contributed by atoms with Crippen LogP contribution in [0.15, 0.2) is 36.5 Å². The fraction of sp³-hybridized carbons (Fsp3) is 0.854. The number of allylic oxidation sites excluding steroid dienone is 5. The molecule has 3 unspecified atom stereocenters. The second kappa shape index (κ2) is 40.1. The van der Waals surface area contributed by atoms with E-state index >= 15 is 0 Å². The summed E-state index contributed by atoms with van der Waals surface area (Å²) < 4.78 is 23.6. The molecule has 0 heterocycles. The number of carbonyl (C=O) groups is 1. The Hall–Kier alpha value is -1.28. The third-order valence-corrected chi connectivity index (χ3v) is 11.6. The average Bonchev–Trinajstić information content (AvgIpc) is 3.16. The third kappa shape index (κ3) is 42.6. The number of quaternary nitrogens is 1. The van der Waals surface area contributed by atoms with Crippen molar-refractivity contribution < 1.29 is 32.9 Å². The van der Waals surface area contributed by atoms with Gasteiger partial charge in [0.05, 0.1) is 39.9 Å². The van der Waals surface area contributed by atoms with Gasteiger partial charge in [-0.2, -0.15) is 0 Å². The van der Waals surface area contributed by atoms with E-state index in [1.165, 1.54) is 148 Å². The van der Waals surface area contributed by atoms with Crippen LogP contribution in [0, 0.1) is 0 Å². The summed E-state index contributed by atoms with van der Waals surface area (Å²) in [6, 6.07) is -0.847. The normalized spacial score (nSPS) is 14.6. The summed E-state index contributed by atoms with van der Waals surface area (Å²) in [6.45, 7) is 4.79. The van der Waals surface area contributed by atoms with E-state index < -0.39 is 20.0 Å². The number of rotatable bonds is 43. The molecular formula is C48H94N2O6P+. The number of phosphoric acid groups is 1. The molecule has 0 aromatic rings. The van der Waals surface area contributed by atoms with E-state index in [0.29, 0.717) is 17.4 Å². The molecule has 9 heteroatoms. The minimum absolute atomic E-state index is 0.0606. The van der Waals surface area contributed by atoms with Crippen LogP contribution in [0.1, 0.15) is 213 Å². The van der Waals surface area contributed by atoms with E-state index in [9.17, 15) is 19.4 Å². The first-order valence-corrected chi connectivity index (χ1v) is 25.4. The number of nitrogens with one attached hydrogen (secondary N) is 1. The molecule has 0 fully saturated rings. The number of likely N-dealkylation sites (N-methyl/N-ethyl adjacent to an activating group) is 1. The number of nitrogens with zero attached hydrogens (tertiary/aromatic N) is 1. The molecule has 0 aliphatic rings. The maximum absolute atomic E-state index is 12.9. The molecule has 57 heavy (non-hydrogen) atoms. The molecule has 8 nitrogen and oxygen atoms in total. The Morgan fingerprint density at radius 1 is 0.596 bits per heavy atom. The first kappa shape index (κ1) is 55.7. The fourth-order valence-electron chi connectivity index (χ4n) is 6.78. The Morgan fingerprint density at radius 2 is 1.00 bits per heavy atom. The quantitative estimate of drug-likeness (QED) is 0.0245. The highest BCUT2D eigenvalue weighted by molar-refractivity contribution is 7.47. The van der Waals surface area contributed by atoms with E-state index in [0.717, 1.165) is 44.9 Å². The number of hydrogen-bond donors (Lipinski definition) is 3. The predicted octanol–water partition coefficient (Wildman–Crippen LogP) is 13.5. The monoisotopic (exact) mass is 826 g/mol. The second-order valence-corrected chi connectivity index (χ2v) is 18.9. The highest BCUT2D eigenvalue weighted by Gasteiger charge is 2.27. The van der Waals surface area contributed by atoms with Gasteiger partial charge in [-0.25, -0.2) is 4.57 Å². The lowest BCUT2D eigenvalue weighted by Gasteiger charge is -2.25. The summed E-state index contributed by atoms with van der Waals surface area (Å²) in [4.78, 5) is 23.2. The molecule has 3 atom stereocenters. The lowest BCUT2D eigenvalue weighted by molar-refractivity contribution is -0.870. The maximum Gasteiger partial charge on any atom is 0.472 e. The van der Waals surface area contributed by atoms with Crippen molar-refractivity contribution in [1.82, 2.24) is 5.32 Å². The zero-order valence-electron chi connectivity index (χ0n) is 38.1. The third-order valence-electron chi connectivity index (χ3n) is 10.6. The van der Waals surface area contributed by atoms with Gasteiger partial charge in [-0.05, 0) is 51.4 Å². The van der Waals surface area contributed by atoms with Crippen LogP contribution in [0.5, 0.6) is 0 Å². The van der Waals surface area contributed by atoms with Gasteiger partial charge in [0.15, 0.2) is 0 Å². The molecule has 0 aromatic carbocycles. The zero-order chi connectivity index (χ0) is 42.1.